The molecule has 0 aromatic heterocycles. The van der Waals surface area contributed by atoms with Gasteiger partial charge in [0.2, 0.25) is 0 Å². The average molecular weight is 462 g/mol. The second-order valence-electron chi connectivity index (χ2n) is 9.30. The van der Waals surface area contributed by atoms with E-state index in [1.165, 1.54) is 37.5 Å². The zero-order valence-electron chi connectivity index (χ0n) is 19.1. The first-order valence-electron chi connectivity index (χ1n) is 12.1. The molecule has 6 heteroatoms. The molecule has 1 aromatic rings. The van der Waals surface area contributed by atoms with E-state index in [-0.39, 0.29) is 5.75 Å². The first-order valence-corrected chi connectivity index (χ1v) is 12.1. The minimum Gasteiger partial charge on any atom is -0.406 e. The highest BCUT2D eigenvalue weighted by Crippen LogP contribution is 2.37. The van der Waals surface area contributed by atoms with Gasteiger partial charge in [-0.15, -0.1) is 13.2 Å². The van der Waals surface area contributed by atoms with Crippen LogP contribution in [0.4, 0.5) is 13.2 Å². The maximum absolute atomic E-state index is 12.3. The summed E-state index contributed by atoms with van der Waals surface area (Å²) in [5.41, 5.74) is 1.10. The topological polar surface area (TPSA) is 42.2 Å². The number of halogens is 3. The zero-order valence-corrected chi connectivity index (χ0v) is 19.1. The Bertz CT molecular complexity index is 794. The first-order chi connectivity index (χ1) is 15.9. The third-order valence-electron chi connectivity index (χ3n) is 6.95. The monoisotopic (exact) mass is 461 g/mol. The molecule has 33 heavy (non-hydrogen) atoms. The van der Waals surface area contributed by atoms with Gasteiger partial charge in [-0.05, 0) is 99.7 Å². The van der Waals surface area contributed by atoms with Crippen LogP contribution in [0.25, 0.3) is 0 Å². The van der Waals surface area contributed by atoms with Gasteiger partial charge >= 0.3 is 6.36 Å². The molecule has 0 unspecified atom stereocenters. The largest absolute Gasteiger partial charge is 0.573 e. The highest BCUT2D eigenvalue weighted by atomic mass is 19.4. The van der Waals surface area contributed by atoms with Gasteiger partial charge in [0.05, 0.1) is 12.2 Å². The van der Waals surface area contributed by atoms with Crippen LogP contribution < -0.4 is 4.74 Å². The molecule has 180 valence electrons. The second kappa shape index (κ2) is 12.8. The Hall–Kier alpha value is -2.26. The summed E-state index contributed by atoms with van der Waals surface area (Å²) in [7, 11) is 0. The lowest BCUT2D eigenvalue weighted by Gasteiger charge is -2.32. The predicted molar refractivity (Wildman–Crippen MR) is 123 cm³/mol. The van der Waals surface area contributed by atoms with E-state index in [0.717, 1.165) is 63.0 Å². The Labute approximate surface area is 195 Å². The molecule has 3 nitrogen and oxygen atoms in total. The molecule has 0 amide bonds. The lowest BCUT2D eigenvalue weighted by Crippen LogP contribution is -2.25. The van der Waals surface area contributed by atoms with Gasteiger partial charge in [-0.2, -0.15) is 5.26 Å². The fourth-order valence-corrected chi connectivity index (χ4v) is 5.07. The molecule has 0 bridgehead atoms. The Morgan fingerprint density at radius 3 is 2.21 bits per heavy atom. The van der Waals surface area contributed by atoms with Crippen molar-refractivity contribution in [1.29, 1.82) is 5.26 Å². The SMILES string of the molecule is N#C/C=C/C=C/CC[C@H]1CC[C@H](OC[C@H]2CC[C@H](c3ccc(OC(F)(F)F)cc3)CC2)CC1. The molecule has 2 aliphatic rings. The summed E-state index contributed by atoms with van der Waals surface area (Å²) in [6.45, 7) is 0.828. The van der Waals surface area contributed by atoms with E-state index in [0.29, 0.717) is 17.9 Å². The minimum absolute atomic E-state index is 0.160. The average Bonchev–Trinajstić information content (AvgIpc) is 2.81. The third kappa shape index (κ3) is 9.25. The molecule has 0 aliphatic heterocycles. The fourth-order valence-electron chi connectivity index (χ4n) is 5.07. The summed E-state index contributed by atoms with van der Waals surface area (Å²) in [5.74, 6) is 1.60. The predicted octanol–water partition coefficient (Wildman–Crippen LogP) is 7.85. The molecule has 0 atom stereocenters. The van der Waals surface area contributed by atoms with Crippen molar-refractivity contribution >= 4 is 0 Å². The number of hydrogen-bond acceptors (Lipinski definition) is 3. The molecule has 1 aromatic carbocycles. The summed E-state index contributed by atoms with van der Waals surface area (Å²) < 4.78 is 47.2. The van der Waals surface area contributed by atoms with Crippen LogP contribution in [0.5, 0.6) is 5.75 Å². The molecular formula is C27H34F3NO2. The van der Waals surface area contributed by atoms with E-state index in [2.05, 4.69) is 10.8 Å². The number of benzene rings is 1. The van der Waals surface area contributed by atoms with E-state index in [1.54, 1.807) is 18.2 Å². The Morgan fingerprint density at radius 2 is 1.58 bits per heavy atom. The van der Waals surface area contributed by atoms with Crippen molar-refractivity contribution in [2.24, 2.45) is 11.8 Å². The standard InChI is InChI=1S/C27H34F3NO2/c28-27(29,30)33-26-17-13-24(14-18-26)23-11-7-22(8-12-23)20-32-25-15-9-21(10-16-25)6-4-2-1-3-5-19-31/h1-3,5,13-14,17-18,21-23,25H,4,6-12,15-16,20H2/b2-1+,5-3+/t21-,22-,23-,25-. The van der Waals surface area contributed by atoms with Crippen molar-refractivity contribution in [2.75, 3.05) is 6.61 Å². The summed E-state index contributed by atoms with van der Waals surface area (Å²) >= 11 is 0. The normalized spacial score (nSPS) is 26.5. The van der Waals surface area contributed by atoms with Crippen molar-refractivity contribution in [3.8, 4) is 11.8 Å². The number of ether oxygens (including phenoxy) is 2. The Balaban J connectivity index is 1.29. The van der Waals surface area contributed by atoms with Crippen LogP contribution in [0.3, 0.4) is 0 Å². The van der Waals surface area contributed by atoms with Crippen LogP contribution in [0.2, 0.25) is 0 Å². The minimum atomic E-state index is -4.65. The van der Waals surface area contributed by atoms with Crippen molar-refractivity contribution < 1.29 is 22.6 Å². The van der Waals surface area contributed by atoms with Crippen LogP contribution in [0.1, 0.15) is 75.7 Å². The molecule has 0 radical (unpaired) electrons. The van der Waals surface area contributed by atoms with Crippen LogP contribution in [0, 0.1) is 23.2 Å². The number of allylic oxidation sites excluding steroid dienone is 4. The molecule has 2 aliphatic carbocycles. The van der Waals surface area contributed by atoms with E-state index >= 15 is 0 Å². The van der Waals surface area contributed by atoms with Gasteiger partial charge in [0.1, 0.15) is 5.75 Å². The second-order valence-corrected chi connectivity index (χ2v) is 9.30. The van der Waals surface area contributed by atoms with Gasteiger partial charge < -0.3 is 9.47 Å². The van der Waals surface area contributed by atoms with Crippen molar-refractivity contribution in [3.63, 3.8) is 0 Å². The quantitative estimate of drug-likeness (QED) is 0.278. The fraction of sp³-hybridized carbons (Fsp3) is 0.593. The molecular weight excluding hydrogens is 427 g/mol. The lowest BCUT2D eigenvalue weighted by molar-refractivity contribution is -0.274. The van der Waals surface area contributed by atoms with Gasteiger partial charge in [-0.3, -0.25) is 0 Å². The lowest BCUT2D eigenvalue weighted by atomic mass is 9.79. The van der Waals surface area contributed by atoms with E-state index < -0.39 is 6.36 Å². The summed E-state index contributed by atoms with van der Waals surface area (Å²) in [5, 5.41) is 8.46. The number of rotatable bonds is 9. The highest BCUT2D eigenvalue weighted by Gasteiger charge is 2.31. The van der Waals surface area contributed by atoms with Gasteiger partial charge in [-0.25, -0.2) is 0 Å². The highest BCUT2D eigenvalue weighted by molar-refractivity contribution is 5.29. The molecule has 0 N–H and O–H groups in total. The molecule has 0 heterocycles. The summed E-state index contributed by atoms with van der Waals surface area (Å²) in [6.07, 6.45) is 14.4. The maximum atomic E-state index is 12.3. The smallest absolute Gasteiger partial charge is 0.406 e. The number of hydrogen-bond donors (Lipinski definition) is 0. The van der Waals surface area contributed by atoms with Gasteiger partial charge in [0.15, 0.2) is 0 Å². The molecule has 0 spiro atoms. The van der Waals surface area contributed by atoms with E-state index in [1.807, 2.05) is 12.1 Å². The van der Waals surface area contributed by atoms with Gasteiger partial charge in [0.25, 0.3) is 0 Å². The molecule has 2 fully saturated rings. The van der Waals surface area contributed by atoms with Crippen molar-refractivity contribution in [3.05, 3.63) is 54.1 Å². The van der Waals surface area contributed by atoms with Crippen LogP contribution in [-0.2, 0) is 4.74 Å². The number of nitriles is 1. The summed E-state index contributed by atoms with van der Waals surface area (Å²) in [6, 6.07) is 8.34. The van der Waals surface area contributed by atoms with Gasteiger partial charge in [0, 0.05) is 12.7 Å². The van der Waals surface area contributed by atoms with Crippen molar-refractivity contribution in [2.45, 2.75) is 82.6 Å². The number of alkyl halides is 3. The molecule has 3 rings (SSSR count). The Morgan fingerprint density at radius 1 is 0.909 bits per heavy atom. The summed E-state index contributed by atoms with van der Waals surface area (Å²) in [4.78, 5) is 0. The maximum Gasteiger partial charge on any atom is 0.573 e. The van der Waals surface area contributed by atoms with Crippen LogP contribution in [0.15, 0.2) is 48.6 Å². The number of nitrogens with zero attached hydrogens (tertiary/aromatic N) is 1. The Kier molecular flexibility index (Phi) is 9.87. The van der Waals surface area contributed by atoms with E-state index in [4.69, 9.17) is 10.00 Å². The zero-order chi connectivity index (χ0) is 23.5. The van der Waals surface area contributed by atoms with Crippen LogP contribution in [-0.4, -0.2) is 19.1 Å². The van der Waals surface area contributed by atoms with E-state index in [9.17, 15) is 13.2 Å². The van der Waals surface area contributed by atoms with Crippen LogP contribution >= 0.6 is 0 Å². The van der Waals surface area contributed by atoms with Gasteiger partial charge in [-0.1, -0.05) is 30.4 Å². The molecule has 2 saturated carbocycles. The third-order valence-corrected chi connectivity index (χ3v) is 6.95. The van der Waals surface area contributed by atoms with Crippen molar-refractivity contribution in [1.82, 2.24) is 0 Å². The first kappa shape index (κ1) is 25.4. The molecule has 0 saturated heterocycles.